The van der Waals surface area contributed by atoms with E-state index in [1.54, 1.807) is 0 Å². The third-order valence-electron chi connectivity index (χ3n) is 0. The van der Waals surface area contributed by atoms with Gasteiger partial charge in [0.15, 0.2) is 0 Å². The number of hydrogen-bond donors (Lipinski definition) is 2. The molecule has 0 aliphatic heterocycles. The summed E-state index contributed by atoms with van der Waals surface area (Å²) >= 11 is 0. The smallest absolute Gasteiger partial charge is 0.450 e. The largest absolute Gasteiger partial charge is 0.503 e. The van der Waals surface area contributed by atoms with Gasteiger partial charge in [-0.05, 0) is 0 Å². The van der Waals surface area contributed by atoms with Crippen molar-refractivity contribution in [1.82, 2.24) is 0 Å². The molecule has 0 saturated heterocycles. The average molecular weight is 141 g/mol. The van der Waals surface area contributed by atoms with Gasteiger partial charge < -0.3 is 10.2 Å². The molecule has 0 saturated carbocycles. The molecular weight excluding hydrogens is 139 g/mol. The molecular formula is CH2K2O3. The van der Waals surface area contributed by atoms with Crippen molar-refractivity contribution in [3.8, 4) is 0 Å². The van der Waals surface area contributed by atoms with Gasteiger partial charge in [0.05, 0.1) is 0 Å². The van der Waals surface area contributed by atoms with Gasteiger partial charge in [-0.2, -0.15) is 0 Å². The van der Waals surface area contributed by atoms with E-state index in [2.05, 4.69) is 0 Å². The minimum Gasteiger partial charge on any atom is -0.450 e. The Bertz CT molecular complexity index is 31.8. The van der Waals surface area contributed by atoms with Crippen LogP contribution >= 0.6 is 0 Å². The first-order valence-electron chi connectivity index (χ1n) is 0.651. The second-order valence-electron chi connectivity index (χ2n) is 0.283. The summed E-state index contributed by atoms with van der Waals surface area (Å²) in [5, 5.41) is 13.9. The third kappa shape index (κ3) is 31.1. The summed E-state index contributed by atoms with van der Waals surface area (Å²) < 4.78 is 0. The van der Waals surface area contributed by atoms with Crippen LogP contribution in [-0.2, 0) is 0 Å². The van der Waals surface area contributed by atoms with E-state index in [0.717, 1.165) is 0 Å². The Labute approximate surface area is 120 Å². The number of carboxylic acid groups (broad SMARTS) is 2. The van der Waals surface area contributed by atoms with Crippen molar-refractivity contribution in [3.05, 3.63) is 0 Å². The normalized spacial score (nSPS) is 4.00. The zero-order valence-electron chi connectivity index (χ0n) is 3.80. The zero-order valence-corrected chi connectivity index (χ0v) is 10.0. The maximum Gasteiger partial charge on any atom is 0.503 e. The Balaban J connectivity index is -0.0000000450. The van der Waals surface area contributed by atoms with Gasteiger partial charge >= 0.3 is 6.16 Å². The van der Waals surface area contributed by atoms with Gasteiger partial charge in [0, 0.05) is 103 Å². The van der Waals surface area contributed by atoms with Crippen LogP contribution in [0.2, 0.25) is 0 Å². The third-order valence-corrected chi connectivity index (χ3v) is 0. The van der Waals surface area contributed by atoms with Crippen molar-refractivity contribution in [3.63, 3.8) is 0 Å². The van der Waals surface area contributed by atoms with E-state index in [1.807, 2.05) is 0 Å². The molecule has 0 aromatic carbocycles. The Morgan fingerprint density at radius 1 is 1.17 bits per heavy atom. The van der Waals surface area contributed by atoms with E-state index < -0.39 is 6.16 Å². The fourth-order valence-electron chi connectivity index (χ4n) is 0. The molecule has 6 heavy (non-hydrogen) atoms. The molecule has 0 fully saturated rings. The summed E-state index contributed by atoms with van der Waals surface area (Å²) in [7, 11) is 0. The van der Waals surface area contributed by atoms with Crippen LogP contribution in [0.3, 0.4) is 0 Å². The molecule has 3 nitrogen and oxygen atoms in total. The molecule has 0 aromatic rings. The van der Waals surface area contributed by atoms with Crippen LogP contribution in [0.1, 0.15) is 0 Å². The van der Waals surface area contributed by atoms with Crippen LogP contribution in [0.25, 0.3) is 0 Å². The quantitative estimate of drug-likeness (QED) is 0.352. The summed E-state index contributed by atoms with van der Waals surface area (Å²) in [5.74, 6) is 0. The van der Waals surface area contributed by atoms with Gasteiger partial charge in [0.1, 0.15) is 0 Å². The minimum absolute atomic E-state index is 0. The summed E-state index contributed by atoms with van der Waals surface area (Å²) in [6.07, 6.45) is -1.83. The molecule has 5 heteroatoms. The van der Waals surface area contributed by atoms with E-state index in [9.17, 15) is 0 Å². The first-order valence-corrected chi connectivity index (χ1v) is 0.651. The van der Waals surface area contributed by atoms with E-state index in [-0.39, 0.29) is 103 Å². The molecule has 0 aromatic heterocycles. The summed E-state index contributed by atoms with van der Waals surface area (Å²) in [6.45, 7) is 0. The number of hydrogen-bond acceptors (Lipinski definition) is 1. The van der Waals surface area contributed by atoms with Crippen molar-refractivity contribution in [2.75, 3.05) is 0 Å². The molecule has 0 amide bonds. The minimum atomic E-state index is -1.83. The topological polar surface area (TPSA) is 57.5 Å². The fourth-order valence-corrected chi connectivity index (χ4v) is 0. The summed E-state index contributed by atoms with van der Waals surface area (Å²) in [4.78, 5) is 8.56. The first-order chi connectivity index (χ1) is 1.73. The molecule has 26 valence electrons. The fraction of sp³-hybridized carbons (Fsp3) is 0. The van der Waals surface area contributed by atoms with Gasteiger partial charge in [-0.3, -0.25) is 0 Å². The van der Waals surface area contributed by atoms with E-state index >= 15 is 0 Å². The molecule has 0 rings (SSSR count). The number of rotatable bonds is 0. The van der Waals surface area contributed by atoms with Crippen LogP contribution in [0, 0.1) is 0 Å². The first kappa shape index (κ1) is 15.8. The van der Waals surface area contributed by atoms with E-state index in [0.29, 0.717) is 0 Å². The predicted octanol–water partition coefficient (Wildman–Crippen LogP) is -0.539. The van der Waals surface area contributed by atoms with Crippen LogP contribution in [-0.4, -0.2) is 119 Å². The van der Waals surface area contributed by atoms with Gasteiger partial charge in [-0.1, -0.05) is 0 Å². The van der Waals surface area contributed by atoms with Crippen molar-refractivity contribution in [2.24, 2.45) is 0 Å². The van der Waals surface area contributed by atoms with Crippen LogP contribution in [0.4, 0.5) is 4.79 Å². The van der Waals surface area contributed by atoms with Gasteiger partial charge in [-0.25, -0.2) is 4.79 Å². The molecule has 0 aliphatic carbocycles. The zero-order chi connectivity index (χ0) is 3.58. The molecule has 0 unspecified atom stereocenters. The van der Waals surface area contributed by atoms with Crippen molar-refractivity contribution < 1.29 is 15.0 Å². The van der Waals surface area contributed by atoms with Gasteiger partial charge in [-0.15, -0.1) is 0 Å². The molecule has 0 bridgehead atoms. The molecule has 0 atom stereocenters. The average Bonchev–Trinajstić information content (AvgIpc) is 0.811. The Morgan fingerprint density at radius 3 is 1.17 bits per heavy atom. The predicted molar refractivity (Wildman–Crippen MR) is 22.2 cm³/mol. The molecule has 2 N–H and O–H groups in total. The van der Waals surface area contributed by atoms with Gasteiger partial charge in [0.2, 0.25) is 0 Å². The Kier molecular flexibility index (Phi) is 27.7. The second-order valence-corrected chi connectivity index (χ2v) is 0.283. The van der Waals surface area contributed by atoms with Crippen LogP contribution in [0.15, 0.2) is 0 Å². The monoisotopic (exact) mass is 141 g/mol. The summed E-state index contributed by atoms with van der Waals surface area (Å²) in [6, 6.07) is 0. The molecule has 0 aliphatic rings. The van der Waals surface area contributed by atoms with Gasteiger partial charge in [0.25, 0.3) is 0 Å². The SMILES string of the molecule is O=[13C](O)O.[K].[K]. The maximum atomic E-state index is 8.56. The van der Waals surface area contributed by atoms with E-state index in [4.69, 9.17) is 15.0 Å². The van der Waals surface area contributed by atoms with Crippen molar-refractivity contribution in [1.29, 1.82) is 0 Å². The molecule has 0 heterocycles. The van der Waals surface area contributed by atoms with Crippen LogP contribution < -0.4 is 0 Å². The second kappa shape index (κ2) is 10.5. The molecule has 0 spiro atoms. The maximum absolute atomic E-state index is 8.56. The Hall–Kier alpha value is 2.54. The Morgan fingerprint density at radius 2 is 1.17 bits per heavy atom. The van der Waals surface area contributed by atoms with Crippen molar-refractivity contribution >= 4 is 109 Å². The van der Waals surface area contributed by atoms with Crippen LogP contribution in [0.5, 0.6) is 0 Å². The van der Waals surface area contributed by atoms with E-state index in [1.165, 1.54) is 0 Å². The summed E-state index contributed by atoms with van der Waals surface area (Å²) in [5.41, 5.74) is 0. The standard InChI is InChI=1S/CH2O3.2K/c2-1(3)4;;/h(H2,2,3,4);;/i1+1;;. The number of carbonyl (C=O) groups is 1. The van der Waals surface area contributed by atoms with Crippen molar-refractivity contribution in [2.45, 2.75) is 0 Å². The molecule has 2 radical (unpaired) electrons.